The van der Waals surface area contributed by atoms with Crippen molar-refractivity contribution in [2.75, 3.05) is 26.2 Å². The minimum Gasteiger partial charge on any atom is -0.372 e. The molecule has 0 aromatic heterocycles. The largest absolute Gasteiger partial charge is 0.412 e. The standard InChI is InChI=1S/C25H29NO.C11H13F6NO.2C2H6/c1-2-9-21(10-3-1)24-18-22(19-27-24)26-16-7-6-13-25(15-17-26)14-12-20-8-4-5-11-23(20)25;1-7(10(12,13)14)3-9(5-18-6-19)4-8(2)11(15,16)17;2*1-2/h1-5,8-12,14,22,24H,6-7,13,15-19H2;3-4,6-7H,5H2,1-2H3,(H,18,19);2*1-2H3/b;8-4+,9-3+;;. The van der Waals surface area contributed by atoms with Crippen LogP contribution in [0.5, 0.6) is 0 Å². The van der Waals surface area contributed by atoms with Crippen LogP contribution in [0.25, 0.3) is 6.08 Å². The smallest absolute Gasteiger partial charge is 0.372 e. The lowest BCUT2D eigenvalue weighted by Crippen LogP contribution is -2.41. The number of benzene rings is 2. The molecular formula is C40H54F6N2O2. The van der Waals surface area contributed by atoms with Gasteiger partial charge in [-0.2, -0.15) is 26.3 Å². The first-order valence-corrected chi connectivity index (χ1v) is 17.7. The number of allylic oxidation sites excluding steroid dienone is 3. The maximum atomic E-state index is 12.3. The van der Waals surface area contributed by atoms with E-state index in [-0.39, 0.29) is 23.5 Å². The van der Waals surface area contributed by atoms with Crippen molar-refractivity contribution in [3.63, 3.8) is 0 Å². The summed E-state index contributed by atoms with van der Waals surface area (Å²) in [4.78, 5) is 12.8. The van der Waals surface area contributed by atoms with Crippen LogP contribution in [-0.2, 0) is 14.9 Å². The molecule has 4 nitrogen and oxygen atoms in total. The Morgan fingerprint density at radius 1 is 0.960 bits per heavy atom. The number of carbonyl (C=O) groups excluding carboxylic acids is 1. The Morgan fingerprint density at radius 2 is 1.62 bits per heavy atom. The highest BCUT2D eigenvalue weighted by Crippen LogP contribution is 2.44. The van der Waals surface area contributed by atoms with Crippen LogP contribution >= 0.6 is 0 Å². The number of alkyl halides is 6. The molecule has 4 unspecified atom stereocenters. The van der Waals surface area contributed by atoms with Gasteiger partial charge in [0.1, 0.15) is 0 Å². The van der Waals surface area contributed by atoms with Crippen LogP contribution < -0.4 is 5.32 Å². The Morgan fingerprint density at radius 3 is 2.26 bits per heavy atom. The average Bonchev–Trinajstić information content (AvgIpc) is 3.73. The van der Waals surface area contributed by atoms with E-state index in [2.05, 4.69) is 71.6 Å². The van der Waals surface area contributed by atoms with Crippen LogP contribution in [0, 0.1) is 5.92 Å². The number of hydrogen-bond donors (Lipinski definition) is 1. The topological polar surface area (TPSA) is 41.6 Å². The van der Waals surface area contributed by atoms with Crippen molar-refractivity contribution in [1.82, 2.24) is 10.2 Å². The lowest BCUT2D eigenvalue weighted by atomic mass is 9.74. The zero-order valence-electron chi connectivity index (χ0n) is 30.2. The predicted molar refractivity (Wildman–Crippen MR) is 191 cm³/mol. The number of nitrogens with zero attached hydrogens (tertiary/aromatic N) is 1. The lowest BCUT2D eigenvalue weighted by Gasteiger charge is -2.37. The minimum atomic E-state index is -4.62. The summed E-state index contributed by atoms with van der Waals surface area (Å²) in [6.45, 7) is 12.4. The summed E-state index contributed by atoms with van der Waals surface area (Å²) in [7, 11) is 0. The van der Waals surface area contributed by atoms with Crippen molar-refractivity contribution in [2.45, 2.75) is 104 Å². The van der Waals surface area contributed by atoms with Gasteiger partial charge in [-0.25, -0.2) is 0 Å². The Hall–Kier alpha value is -3.37. The molecule has 4 atom stereocenters. The molecule has 0 bridgehead atoms. The molecule has 2 aliphatic heterocycles. The second kappa shape index (κ2) is 20.5. The molecule has 2 fully saturated rings. The molecule has 5 rings (SSSR count). The average molecular weight is 709 g/mol. The fourth-order valence-electron chi connectivity index (χ4n) is 6.43. The van der Waals surface area contributed by atoms with Gasteiger partial charge in [-0.3, -0.25) is 9.69 Å². The summed E-state index contributed by atoms with van der Waals surface area (Å²) < 4.78 is 80.1. The first-order valence-electron chi connectivity index (χ1n) is 17.7. The predicted octanol–water partition coefficient (Wildman–Crippen LogP) is 10.8. The van der Waals surface area contributed by atoms with Crippen molar-refractivity contribution in [3.05, 3.63) is 101 Å². The van der Waals surface area contributed by atoms with Crippen molar-refractivity contribution >= 4 is 12.5 Å². The number of hydrogen-bond acceptors (Lipinski definition) is 3. The number of ether oxygens (including phenoxy) is 1. The zero-order chi connectivity index (χ0) is 37.4. The third-order valence-corrected chi connectivity index (χ3v) is 9.13. The van der Waals surface area contributed by atoms with E-state index < -0.39 is 30.4 Å². The number of halogens is 6. The molecule has 278 valence electrons. The highest BCUT2D eigenvalue weighted by atomic mass is 19.4. The summed E-state index contributed by atoms with van der Waals surface area (Å²) in [6, 6.07) is 20.3. The van der Waals surface area contributed by atoms with Crippen LogP contribution in [-0.4, -0.2) is 55.9 Å². The quantitative estimate of drug-likeness (QED) is 0.177. The molecule has 3 aliphatic rings. The molecule has 2 heterocycles. The van der Waals surface area contributed by atoms with Crippen LogP contribution in [0.15, 0.2) is 84.0 Å². The van der Waals surface area contributed by atoms with Crippen molar-refractivity contribution < 1.29 is 35.9 Å². The maximum Gasteiger partial charge on any atom is 0.412 e. The molecular weight excluding hydrogens is 654 g/mol. The van der Waals surface area contributed by atoms with E-state index in [0.717, 1.165) is 26.9 Å². The highest BCUT2D eigenvalue weighted by Gasteiger charge is 2.38. The number of carbonyl (C=O) groups is 1. The minimum absolute atomic E-state index is 0.197. The van der Waals surface area contributed by atoms with Crippen molar-refractivity contribution in [3.8, 4) is 0 Å². The maximum absolute atomic E-state index is 12.3. The number of rotatable bonds is 7. The van der Waals surface area contributed by atoms with Crippen molar-refractivity contribution in [1.29, 1.82) is 0 Å². The molecule has 2 saturated heterocycles. The first kappa shape index (κ1) is 42.8. The molecule has 10 heteroatoms. The van der Waals surface area contributed by atoms with Gasteiger partial charge >= 0.3 is 12.4 Å². The Labute approximate surface area is 294 Å². The summed E-state index contributed by atoms with van der Waals surface area (Å²) in [5.74, 6) is -1.91. The van der Waals surface area contributed by atoms with Gasteiger partial charge in [0.05, 0.1) is 18.6 Å². The van der Waals surface area contributed by atoms with Gasteiger partial charge in [0.15, 0.2) is 0 Å². The van der Waals surface area contributed by atoms with E-state index in [4.69, 9.17) is 4.74 Å². The third-order valence-electron chi connectivity index (χ3n) is 9.13. The van der Waals surface area contributed by atoms with Gasteiger partial charge in [-0.1, -0.05) is 114 Å². The fraction of sp³-hybridized carbons (Fsp3) is 0.525. The molecule has 1 N–H and O–H groups in total. The van der Waals surface area contributed by atoms with Gasteiger partial charge in [0.25, 0.3) is 0 Å². The number of amides is 1. The molecule has 0 saturated carbocycles. The Bertz CT molecular complexity index is 1390. The molecule has 2 aromatic rings. The summed E-state index contributed by atoms with van der Waals surface area (Å²) in [5, 5.41) is 2.03. The fourth-order valence-corrected chi connectivity index (χ4v) is 6.43. The molecule has 2 aromatic carbocycles. The van der Waals surface area contributed by atoms with E-state index >= 15 is 0 Å². The van der Waals surface area contributed by atoms with Gasteiger partial charge in [-0.05, 0) is 74.0 Å². The second-order valence-electron chi connectivity index (χ2n) is 12.3. The van der Waals surface area contributed by atoms with E-state index in [1.165, 1.54) is 49.9 Å². The molecule has 50 heavy (non-hydrogen) atoms. The van der Waals surface area contributed by atoms with Crippen LogP contribution in [0.2, 0.25) is 0 Å². The summed E-state index contributed by atoms with van der Waals surface area (Å²) in [6.07, 6.45) is 3.63. The van der Waals surface area contributed by atoms with Gasteiger partial charge < -0.3 is 10.1 Å². The Balaban J connectivity index is 0.000000335. The molecule has 1 aliphatic carbocycles. The summed E-state index contributed by atoms with van der Waals surface area (Å²) in [5.41, 5.74) is 3.27. The monoisotopic (exact) mass is 708 g/mol. The van der Waals surface area contributed by atoms with Crippen LogP contribution in [0.3, 0.4) is 0 Å². The van der Waals surface area contributed by atoms with Crippen LogP contribution in [0.1, 0.15) is 96.4 Å². The molecule has 1 amide bonds. The number of likely N-dealkylation sites (tertiary alicyclic amines) is 1. The van der Waals surface area contributed by atoms with E-state index in [9.17, 15) is 31.1 Å². The van der Waals surface area contributed by atoms with Crippen LogP contribution in [0.4, 0.5) is 26.3 Å². The second-order valence-corrected chi connectivity index (χ2v) is 12.3. The van der Waals surface area contributed by atoms with Gasteiger partial charge in [-0.15, -0.1) is 0 Å². The summed E-state index contributed by atoms with van der Waals surface area (Å²) >= 11 is 0. The van der Waals surface area contributed by atoms with E-state index in [1.54, 1.807) is 5.56 Å². The normalized spacial score (nSPS) is 23.1. The van der Waals surface area contributed by atoms with Gasteiger partial charge in [0.2, 0.25) is 6.41 Å². The third kappa shape index (κ3) is 12.4. The zero-order valence-corrected chi connectivity index (χ0v) is 30.2. The lowest BCUT2D eigenvalue weighted by molar-refractivity contribution is -0.156. The molecule has 1 spiro atoms. The van der Waals surface area contributed by atoms with Crippen molar-refractivity contribution in [2.24, 2.45) is 5.92 Å². The Kier molecular flexibility index (Phi) is 17.5. The number of nitrogens with one attached hydrogen (secondary N) is 1. The first-order chi connectivity index (χ1) is 23.8. The SMILES string of the molecule is C/C(=C\C(=C/C(C)C(F)(F)F)CNC=O)C(F)(F)F.C1=CC2(CCCCN(C3COC(c4ccccc4)C3)CC2)c2ccccc21.CC.CC. The number of fused-ring (bicyclic) bond motifs is 2. The van der Waals surface area contributed by atoms with Gasteiger partial charge in [0, 0.05) is 23.6 Å². The van der Waals surface area contributed by atoms with E-state index in [0.29, 0.717) is 18.2 Å². The highest BCUT2D eigenvalue weighted by molar-refractivity contribution is 5.65. The van der Waals surface area contributed by atoms with E-state index in [1.807, 2.05) is 33.0 Å². The molecule has 0 radical (unpaired) electrons.